The fraction of sp³-hybridized carbons (Fsp3) is 0.467. The maximum absolute atomic E-state index is 11.8. The standard InChI is InChI=1S/C15H22N2O3.ClH/c1-10(11(2)16)15(19)17-13-7-4-12(5-8-13)6-9-14(18)20-3;/h4-5,7-8,10-11H,6,9,16H2,1-3H3,(H,17,19);1H. The van der Waals surface area contributed by atoms with E-state index >= 15 is 0 Å². The Bertz CT molecular complexity index is 460. The molecule has 0 saturated heterocycles. The molecule has 1 aromatic rings. The van der Waals surface area contributed by atoms with Crippen LogP contribution in [-0.2, 0) is 20.7 Å². The summed E-state index contributed by atoms with van der Waals surface area (Å²) in [6.07, 6.45) is 0.973. The number of benzene rings is 1. The highest BCUT2D eigenvalue weighted by molar-refractivity contribution is 5.92. The van der Waals surface area contributed by atoms with Crippen molar-refractivity contribution in [2.75, 3.05) is 12.4 Å². The average Bonchev–Trinajstić information content (AvgIpc) is 2.45. The second-order valence-corrected chi connectivity index (χ2v) is 4.91. The molecule has 0 aliphatic heterocycles. The van der Waals surface area contributed by atoms with Gasteiger partial charge in [0.2, 0.25) is 5.91 Å². The molecule has 5 nitrogen and oxygen atoms in total. The van der Waals surface area contributed by atoms with E-state index in [-0.39, 0.29) is 36.2 Å². The summed E-state index contributed by atoms with van der Waals surface area (Å²) in [5.74, 6) is -0.565. The van der Waals surface area contributed by atoms with Gasteiger partial charge in [-0.05, 0) is 31.0 Å². The minimum Gasteiger partial charge on any atom is -0.469 e. The molecule has 0 radical (unpaired) electrons. The second-order valence-electron chi connectivity index (χ2n) is 4.91. The maximum atomic E-state index is 11.8. The molecule has 118 valence electrons. The molecule has 1 aromatic carbocycles. The van der Waals surface area contributed by atoms with Crippen molar-refractivity contribution in [3.8, 4) is 0 Å². The molecule has 2 atom stereocenters. The number of nitrogens with two attached hydrogens (primary N) is 1. The van der Waals surface area contributed by atoms with E-state index in [2.05, 4.69) is 10.1 Å². The zero-order chi connectivity index (χ0) is 15.1. The molecule has 0 saturated carbocycles. The van der Waals surface area contributed by atoms with Gasteiger partial charge in [0.15, 0.2) is 0 Å². The van der Waals surface area contributed by atoms with E-state index in [0.29, 0.717) is 12.8 Å². The van der Waals surface area contributed by atoms with Gasteiger partial charge < -0.3 is 15.8 Å². The molecular formula is C15H23ClN2O3. The van der Waals surface area contributed by atoms with Gasteiger partial charge in [-0.2, -0.15) is 0 Å². The van der Waals surface area contributed by atoms with Crippen LogP contribution in [0.3, 0.4) is 0 Å². The molecule has 0 bridgehead atoms. The van der Waals surface area contributed by atoms with Crippen LogP contribution < -0.4 is 11.1 Å². The van der Waals surface area contributed by atoms with Crippen LogP contribution >= 0.6 is 12.4 Å². The van der Waals surface area contributed by atoms with Gasteiger partial charge in [-0.15, -0.1) is 12.4 Å². The topological polar surface area (TPSA) is 81.4 Å². The number of rotatable bonds is 6. The third-order valence-electron chi connectivity index (χ3n) is 3.27. The number of esters is 1. The number of methoxy groups -OCH3 is 1. The number of halogens is 1. The molecule has 0 aromatic heterocycles. The quantitative estimate of drug-likeness (QED) is 0.788. The van der Waals surface area contributed by atoms with Crippen molar-refractivity contribution in [2.45, 2.75) is 32.7 Å². The van der Waals surface area contributed by atoms with Crippen LogP contribution in [0.5, 0.6) is 0 Å². The summed E-state index contributed by atoms with van der Waals surface area (Å²) >= 11 is 0. The summed E-state index contributed by atoms with van der Waals surface area (Å²) < 4.78 is 4.59. The first-order valence-electron chi connectivity index (χ1n) is 6.66. The highest BCUT2D eigenvalue weighted by Crippen LogP contribution is 2.13. The van der Waals surface area contributed by atoms with E-state index in [1.54, 1.807) is 13.8 Å². The lowest BCUT2D eigenvalue weighted by atomic mass is 10.0. The van der Waals surface area contributed by atoms with Crippen molar-refractivity contribution in [1.29, 1.82) is 0 Å². The lowest BCUT2D eigenvalue weighted by Gasteiger charge is -2.15. The Balaban J connectivity index is 0.00000400. The molecule has 1 rings (SSSR count). The van der Waals surface area contributed by atoms with Crippen LogP contribution in [0.15, 0.2) is 24.3 Å². The van der Waals surface area contributed by atoms with Crippen LogP contribution in [0, 0.1) is 5.92 Å². The number of hydrogen-bond acceptors (Lipinski definition) is 4. The molecule has 0 fully saturated rings. The van der Waals surface area contributed by atoms with E-state index in [1.165, 1.54) is 7.11 Å². The molecule has 0 aliphatic carbocycles. The molecule has 21 heavy (non-hydrogen) atoms. The van der Waals surface area contributed by atoms with Crippen molar-refractivity contribution in [1.82, 2.24) is 0 Å². The molecule has 2 unspecified atom stereocenters. The minimum absolute atomic E-state index is 0. The number of carbonyl (C=O) groups excluding carboxylic acids is 2. The molecule has 3 N–H and O–H groups in total. The molecule has 6 heteroatoms. The maximum Gasteiger partial charge on any atom is 0.305 e. The van der Waals surface area contributed by atoms with E-state index in [0.717, 1.165) is 11.3 Å². The Labute approximate surface area is 131 Å². The third kappa shape index (κ3) is 6.60. The summed E-state index contributed by atoms with van der Waals surface area (Å²) in [5, 5.41) is 2.82. The van der Waals surface area contributed by atoms with E-state index < -0.39 is 0 Å². The van der Waals surface area contributed by atoms with Crippen molar-refractivity contribution >= 4 is 30.0 Å². The number of aryl methyl sites for hydroxylation is 1. The normalized spacial score (nSPS) is 12.8. The number of nitrogens with one attached hydrogen (secondary N) is 1. The van der Waals surface area contributed by atoms with Crippen LogP contribution in [0.2, 0.25) is 0 Å². The summed E-state index contributed by atoms with van der Waals surface area (Å²) in [5.41, 5.74) is 7.44. The van der Waals surface area contributed by atoms with Crippen molar-refractivity contribution < 1.29 is 14.3 Å². The smallest absolute Gasteiger partial charge is 0.305 e. The predicted octanol–water partition coefficient (Wildman–Crippen LogP) is 2.14. The first-order valence-corrected chi connectivity index (χ1v) is 6.66. The number of anilines is 1. The Morgan fingerprint density at radius 1 is 1.24 bits per heavy atom. The SMILES string of the molecule is COC(=O)CCc1ccc(NC(=O)C(C)C(C)N)cc1.Cl. The van der Waals surface area contributed by atoms with Crippen LogP contribution in [-0.4, -0.2) is 25.0 Å². The van der Waals surface area contributed by atoms with Crippen molar-refractivity contribution in [2.24, 2.45) is 11.7 Å². The van der Waals surface area contributed by atoms with Crippen LogP contribution in [0.4, 0.5) is 5.69 Å². The second kappa shape index (κ2) is 9.37. The van der Waals surface area contributed by atoms with E-state index in [1.807, 2.05) is 24.3 Å². The summed E-state index contributed by atoms with van der Waals surface area (Å²) in [7, 11) is 1.38. The number of amides is 1. The van der Waals surface area contributed by atoms with Gasteiger partial charge in [0, 0.05) is 18.2 Å². The largest absolute Gasteiger partial charge is 0.469 e. The van der Waals surface area contributed by atoms with Gasteiger partial charge in [-0.3, -0.25) is 9.59 Å². The average molecular weight is 315 g/mol. The minimum atomic E-state index is -0.242. The molecule has 1 amide bonds. The summed E-state index contributed by atoms with van der Waals surface area (Å²) in [6.45, 7) is 3.60. The van der Waals surface area contributed by atoms with E-state index in [4.69, 9.17) is 5.73 Å². The first kappa shape index (κ1) is 19.4. The Hall–Kier alpha value is -1.59. The fourth-order valence-corrected chi connectivity index (χ4v) is 1.60. The van der Waals surface area contributed by atoms with E-state index in [9.17, 15) is 9.59 Å². The van der Waals surface area contributed by atoms with Gasteiger partial charge in [-0.1, -0.05) is 19.1 Å². The summed E-state index contributed by atoms with van der Waals surface area (Å²) in [6, 6.07) is 7.22. The number of ether oxygens (including phenoxy) is 1. The predicted molar refractivity (Wildman–Crippen MR) is 85.5 cm³/mol. The van der Waals surface area contributed by atoms with Gasteiger partial charge >= 0.3 is 5.97 Å². The highest BCUT2D eigenvalue weighted by Gasteiger charge is 2.16. The fourth-order valence-electron chi connectivity index (χ4n) is 1.60. The first-order chi connectivity index (χ1) is 9.43. The Morgan fingerprint density at radius 2 is 1.81 bits per heavy atom. The van der Waals surface area contributed by atoms with Crippen molar-refractivity contribution in [3.63, 3.8) is 0 Å². The molecule has 0 spiro atoms. The summed E-state index contributed by atoms with van der Waals surface area (Å²) in [4.78, 5) is 22.9. The lowest BCUT2D eigenvalue weighted by Crippen LogP contribution is -2.34. The lowest BCUT2D eigenvalue weighted by molar-refractivity contribution is -0.140. The third-order valence-corrected chi connectivity index (χ3v) is 3.27. The van der Waals surface area contributed by atoms with Crippen molar-refractivity contribution in [3.05, 3.63) is 29.8 Å². The molecule has 0 aliphatic rings. The zero-order valence-corrected chi connectivity index (χ0v) is 13.4. The monoisotopic (exact) mass is 314 g/mol. The molecule has 0 heterocycles. The van der Waals surface area contributed by atoms with Crippen LogP contribution in [0.25, 0.3) is 0 Å². The van der Waals surface area contributed by atoms with Gasteiger partial charge in [0.05, 0.1) is 13.0 Å². The number of carbonyl (C=O) groups is 2. The number of hydrogen-bond donors (Lipinski definition) is 2. The molecular weight excluding hydrogens is 292 g/mol. The highest BCUT2D eigenvalue weighted by atomic mass is 35.5. The Morgan fingerprint density at radius 3 is 2.29 bits per heavy atom. The Kier molecular flexibility index (Phi) is 8.66. The van der Waals surface area contributed by atoms with Crippen LogP contribution in [0.1, 0.15) is 25.8 Å². The zero-order valence-electron chi connectivity index (χ0n) is 12.6. The van der Waals surface area contributed by atoms with Gasteiger partial charge in [0.1, 0.15) is 0 Å². The van der Waals surface area contributed by atoms with Gasteiger partial charge in [-0.25, -0.2) is 0 Å². The van der Waals surface area contributed by atoms with Gasteiger partial charge in [0.25, 0.3) is 0 Å².